The number of halogens is 2. The van der Waals surface area contributed by atoms with E-state index in [0.29, 0.717) is 34.9 Å². The third-order valence-corrected chi connectivity index (χ3v) is 9.09. The van der Waals surface area contributed by atoms with Gasteiger partial charge >= 0.3 is 0 Å². The van der Waals surface area contributed by atoms with Gasteiger partial charge in [-0.1, -0.05) is 35.2 Å². The van der Waals surface area contributed by atoms with Crippen molar-refractivity contribution in [2.45, 2.75) is 81.9 Å². The molecule has 0 unspecified atom stereocenters. The molecule has 0 bridgehead atoms. The summed E-state index contributed by atoms with van der Waals surface area (Å²) in [5, 5.41) is 3.08. The second-order valence-corrected chi connectivity index (χ2v) is 13.6. The molecule has 1 heterocycles. The molecule has 0 aromatic heterocycles. The van der Waals surface area contributed by atoms with Crippen molar-refractivity contribution >= 4 is 54.3 Å². The second kappa shape index (κ2) is 13.5. The quantitative estimate of drug-likeness (QED) is 0.434. The number of likely N-dealkylation sites (tertiary alicyclic amines) is 1. The van der Waals surface area contributed by atoms with E-state index < -0.39 is 10.0 Å². The van der Waals surface area contributed by atoms with Crippen LogP contribution in [0.4, 0.5) is 0 Å². The first-order chi connectivity index (χ1) is 16.3. The van der Waals surface area contributed by atoms with Gasteiger partial charge in [0.2, 0.25) is 15.9 Å². The van der Waals surface area contributed by atoms with E-state index in [1.54, 1.807) is 18.2 Å². The van der Waals surface area contributed by atoms with E-state index in [1.807, 2.05) is 27.8 Å². The Labute approximate surface area is 226 Å². The highest BCUT2D eigenvalue weighted by molar-refractivity contribution is 9.11. The largest absolute Gasteiger partial charge is 0.462 e. The van der Waals surface area contributed by atoms with E-state index in [4.69, 9.17) is 0 Å². The number of nitrogens with zero attached hydrogens (tertiary/aromatic N) is 1. The average Bonchev–Trinajstić information content (AvgIpc) is 3.12. The van der Waals surface area contributed by atoms with Gasteiger partial charge in [-0.2, -0.15) is 0 Å². The number of carbonyl (C=O) groups excluding carboxylic acids is 2. The Balaban J connectivity index is 0.000000540. The molecular formula is C24H37Br2N3O5S. The number of ether oxygens (including phenoxy) is 1. The van der Waals surface area contributed by atoms with E-state index in [0.717, 1.165) is 25.7 Å². The van der Waals surface area contributed by atoms with E-state index in [2.05, 4.69) is 51.5 Å². The average molecular weight is 639 g/mol. The predicted octanol–water partition coefficient (Wildman–Crippen LogP) is 4.22. The maximum atomic E-state index is 12.8. The molecule has 8 nitrogen and oxygen atoms in total. The fourth-order valence-electron chi connectivity index (χ4n) is 4.24. The van der Waals surface area contributed by atoms with Crippen molar-refractivity contribution in [2.75, 3.05) is 20.1 Å². The lowest BCUT2D eigenvalue weighted by Gasteiger charge is -2.24. The third kappa shape index (κ3) is 10.1. The molecule has 1 saturated heterocycles. The van der Waals surface area contributed by atoms with Gasteiger partial charge in [-0.25, -0.2) is 13.1 Å². The summed E-state index contributed by atoms with van der Waals surface area (Å²) in [5.74, 6) is 0.291. The Hall–Kier alpha value is -1.01. The first-order valence-corrected chi connectivity index (χ1v) is 15.0. The van der Waals surface area contributed by atoms with Gasteiger partial charge in [-0.15, -0.1) is 0 Å². The molecule has 2 N–H and O–H groups in total. The topological polar surface area (TPSA) is 105 Å². The van der Waals surface area contributed by atoms with Gasteiger partial charge in [0.25, 0.3) is 6.47 Å². The van der Waals surface area contributed by atoms with Crippen molar-refractivity contribution in [2.24, 2.45) is 5.92 Å². The summed E-state index contributed by atoms with van der Waals surface area (Å²) >= 11 is 6.65. The Kier molecular flexibility index (Phi) is 11.7. The van der Waals surface area contributed by atoms with Gasteiger partial charge < -0.3 is 15.0 Å². The first kappa shape index (κ1) is 30.2. The molecule has 1 amide bonds. The zero-order valence-electron chi connectivity index (χ0n) is 20.9. The monoisotopic (exact) mass is 637 g/mol. The van der Waals surface area contributed by atoms with Gasteiger partial charge in [0.15, 0.2) is 0 Å². The van der Waals surface area contributed by atoms with Crippen molar-refractivity contribution < 1.29 is 22.7 Å². The molecule has 35 heavy (non-hydrogen) atoms. The normalized spacial score (nSPS) is 21.7. The fourth-order valence-corrected chi connectivity index (χ4v) is 6.98. The molecule has 3 rings (SSSR count). The fraction of sp³-hybridized carbons (Fsp3) is 0.667. The van der Waals surface area contributed by atoms with Crippen LogP contribution in [0.15, 0.2) is 32.0 Å². The minimum atomic E-state index is -3.63. The second-order valence-electron chi connectivity index (χ2n) is 10.1. The van der Waals surface area contributed by atoms with Crippen LogP contribution in [0, 0.1) is 5.92 Å². The summed E-state index contributed by atoms with van der Waals surface area (Å²) in [6, 6.07) is 5.04. The third-order valence-electron chi connectivity index (χ3n) is 6.08. The van der Waals surface area contributed by atoms with Gasteiger partial charge in [0.1, 0.15) is 5.60 Å². The van der Waals surface area contributed by atoms with Crippen LogP contribution in [0.1, 0.15) is 59.3 Å². The molecule has 2 atom stereocenters. The van der Waals surface area contributed by atoms with E-state index in [1.165, 1.54) is 6.42 Å². The Morgan fingerprint density at radius 1 is 1.20 bits per heavy atom. The molecule has 2 aliphatic rings. The number of benzene rings is 1. The minimum absolute atomic E-state index is 0.131. The Morgan fingerprint density at radius 2 is 1.86 bits per heavy atom. The summed E-state index contributed by atoms with van der Waals surface area (Å²) in [5.41, 5.74) is -0.318. The maximum absolute atomic E-state index is 12.8. The molecule has 0 spiro atoms. The van der Waals surface area contributed by atoms with Crippen LogP contribution in [0.2, 0.25) is 0 Å². The highest BCUT2D eigenvalue weighted by Crippen LogP contribution is 2.27. The van der Waals surface area contributed by atoms with Crippen molar-refractivity contribution in [3.05, 3.63) is 27.1 Å². The molecule has 2 fully saturated rings. The SMILES string of the molecule is CC(C)(C)OC=O.CN1C[C@H](NS(=O)(=O)c2cc(Br)ccc2Br)C[C@@H]1CNC(=O)C1CCCCC1. The van der Waals surface area contributed by atoms with Crippen LogP contribution < -0.4 is 10.0 Å². The zero-order valence-corrected chi connectivity index (χ0v) is 24.8. The van der Waals surface area contributed by atoms with E-state index in [-0.39, 0.29) is 34.4 Å². The summed E-state index contributed by atoms with van der Waals surface area (Å²) < 4.78 is 34.2. The van der Waals surface area contributed by atoms with Crippen molar-refractivity contribution in [1.29, 1.82) is 0 Å². The van der Waals surface area contributed by atoms with Crippen molar-refractivity contribution in [1.82, 2.24) is 14.9 Å². The van der Waals surface area contributed by atoms with Crippen molar-refractivity contribution in [3.63, 3.8) is 0 Å². The molecule has 198 valence electrons. The van der Waals surface area contributed by atoms with Crippen LogP contribution >= 0.6 is 31.9 Å². The highest BCUT2D eigenvalue weighted by Gasteiger charge is 2.33. The lowest BCUT2D eigenvalue weighted by atomic mass is 9.88. The van der Waals surface area contributed by atoms with Gasteiger partial charge in [0.05, 0.1) is 4.90 Å². The smallest absolute Gasteiger partial charge is 0.293 e. The molecular weight excluding hydrogens is 602 g/mol. The molecule has 11 heteroatoms. The van der Waals surface area contributed by atoms with Gasteiger partial charge in [-0.3, -0.25) is 9.59 Å². The Bertz CT molecular complexity index is 962. The molecule has 1 aromatic rings. The lowest BCUT2D eigenvalue weighted by molar-refractivity contribution is -0.138. The van der Waals surface area contributed by atoms with Crippen LogP contribution in [0.5, 0.6) is 0 Å². The molecule has 1 aliphatic carbocycles. The molecule has 1 saturated carbocycles. The zero-order chi connectivity index (χ0) is 26.2. The number of nitrogens with one attached hydrogen (secondary N) is 2. The minimum Gasteiger partial charge on any atom is -0.462 e. The Morgan fingerprint density at radius 3 is 2.43 bits per heavy atom. The summed E-state index contributed by atoms with van der Waals surface area (Å²) in [4.78, 5) is 24.3. The molecule has 0 radical (unpaired) electrons. The molecule has 1 aromatic carbocycles. The van der Waals surface area contributed by atoms with Gasteiger partial charge in [0, 0.05) is 40.0 Å². The van der Waals surface area contributed by atoms with Crippen LogP contribution in [0.25, 0.3) is 0 Å². The number of amides is 1. The number of hydrogen-bond acceptors (Lipinski definition) is 6. The highest BCUT2D eigenvalue weighted by atomic mass is 79.9. The number of hydrogen-bond donors (Lipinski definition) is 2. The maximum Gasteiger partial charge on any atom is 0.293 e. The van der Waals surface area contributed by atoms with Crippen molar-refractivity contribution in [3.8, 4) is 0 Å². The van der Waals surface area contributed by atoms with Gasteiger partial charge in [-0.05, 0) is 81.2 Å². The van der Waals surface area contributed by atoms with E-state index >= 15 is 0 Å². The number of likely N-dealkylation sites (N-methyl/N-ethyl adjacent to an activating group) is 1. The summed E-state index contributed by atoms with van der Waals surface area (Å²) in [7, 11) is -1.66. The number of sulfonamides is 1. The summed E-state index contributed by atoms with van der Waals surface area (Å²) in [6.07, 6.45) is 6.14. The van der Waals surface area contributed by atoms with Crippen LogP contribution in [0.3, 0.4) is 0 Å². The van der Waals surface area contributed by atoms with E-state index in [9.17, 15) is 18.0 Å². The first-order valence-electron chi connectivity index (χ1n) is 11.9. The van der Waals surface area contributed by atoms with Crippen LogP contribution in [-0.4, -0.2) is 63.5 Å². The predicted molar refractivity (Wildman–Crippen MR) is 143 cm³/mol. The number of rotatable bonds is 7. The summed E-state index contributed by atoms with van der Waals surface area (Å²) in [6.45, 7) is 7.10. The lowest BCUT2D eigenvalue weighted by Crippen LogP contribution is -2.41. The number of carbonyl (C=O) groups is 2. The van der Waals surface area contributed by atoms with Crippen LogP contribution in [-0.2, 0) is 24.3 Å². The molecule has 1 aliphatic heterocycles. The standard InChI is InChI=1S/C19H27Br2N3O3S.C5H10O2/c1-24-12-15(23-28(26,27)18-9-14(20)7-8-17(18)21)10-16(24)11-22-19(25)13-5-3-2-4-6-13;1-5(2,3)7-4-6/h7-9,13,15-16,23H,2-6,10-12H2,1H3,(H,22,25);4H,1-3H3/t15-,16-;/m1./s1.